The van der Waals surface area contributed by atoms with Crippen molar-refractivity contribution in [2.45, 2.75) is 37.8 Å². The van der Waals surface area contributed by atoms with Gasteiger partial charge < -0.3 is 20.1 Å². The molecule has 29 heavy (non-hydrogen) atoms. The number of ether oxygens (including phenoxy) is 2. The molecule has 1 aliphatic rings. The topological polar surface area (TPSA) is 88.7 Å². The van der Waals surface area contributed by atoms with E-state index in [0.717, 1.165) is 19.3 Å². The molecule has 0 radical (unpaired) electrons. The van der Waals surface area contributed by atoms with Gasteiger partial charge in [0.1, 0.15) is 11.9 Å². The van der Waals surface area contributed by atoms with Crippen molar-refractivity contribution in [2.24, 2.45) is 0 Å². The first kappa shape index (κ1) is 20.8. The van der Waals surface area contributed by atoms with Crippen LogP contribution in [0.25, 0.3) is 0 Å². The Hall–Kier alpha value is -2.93. The Morgan fingerprint density at radius 3 is 2.62 bits per heavy atom. The lowest BCUT2D eigenvalue weighted by Crippen LogP contribution is -2.43. The van der Waals surface area contributed by atoms with E-state index in [-0.39, 0.29) is 18.2 Å². The minimum absolute atomic E-state index is 0.0940. The molecule has 3 amide bonds. The van der Waals surface area contributed by atoms with Gasteiger partial charge in [0.05, 0.1) is 12.8 Å². The van der Waals surface area contributed by atoms with Gasteiger partial charge in [0, 0.05) is 23.2 Å². The number of hydrogen-bond donors (Lipinski definition) is 3. The smallest absolute Gasteiger partial charge is 0.411 e. The van der Waals surface area contributed by atoms with Crippen molar-refractivity contribution in [3.05, 3.63) is 53.6 Å². The summed E-state index contributed by atoms with van der Waals surface area (Å²) < 4.78 is 10.8. The van der Waals surface area contributed by atoms with E-state index in [0.29, 0.717) is 28.6 Å². The summed E-state index contributed by atoms with van der Waals surface area (Å²) in [5.41, 5.74) is 1.17. The first-order valence-electron chi connectivity index (χ1n) is 9.47. The Labute approximate surface area is 174 Å². The minimum atomic E-state index is -0.491. The monoisotopic (exact) mass is 417 g/mol. The van der Waals surface area contributed by atoms with Crippen LogP contribution >= 0.6 is 11.6 Å². The average Bonchev–Trinajstić information content (AvgIpc) is 2.69. The summed E-state index contributed by atoms with van der Waals surface area (Å²) in [6.45, 7) is 0. The highest BCUT2D eigenvalue weighted by Gasteiger charge is 2.26. The molecule has 1 fully saturated rings. The second-order valence-corrected chi connectivity index (χ2v) is 7.26. The van der Waals surface area contributed by atoms with Gasteiger partial charge in [-0.2, -0.15) is 0 Å². The van der Waals surface area contributed by atoms with E-state index in [9.17, 15) is 9.59 Å². The van der Waals surface area contributed by atoms with Gasteiger partial charge >= 0.3 is 12.1 Å². The zero-order chi connectivity index (χ0) is 20.6. The first-order valence-corrected chi connectivity index (χ1v) is 9.85. The number of carbonyl (C=O) groups is 2. The summed E-state index contributed by atoms with van der Waals surface area (Å²) >= 11 is 5.99. The van der Waals surface area contributed by atoms with E-state index in [2.05, 4.69) is 16.0 Å². The number of anilines is 2. The minimum Gasteiger partial charge on any atom is -0.495 e. The maximum atomic E-state index is 12.4. The van der Waals surface area contributed by atoms with Gasteiger partial charge in [-0.3, -0.25) is 5.32 Å². The molecule has 0 aliphatic heterocycles. The molecular formula is C21H24ClN3O4. The van der Waals surface area contributed by atoms with E-state index >= 15 is 0 Å². The number of urea groups is 1. The fourth-order valence-electron chi connectivity index (χ4n) is 3.32. The molecule has 1 saturated carbocycles. The van der Waals surface area contributed by atoms with Gasteiger partial charge in [-0.25, -0.2) is 9.59 Å². The van der Waals surface area contributed by atoms with Crippen LogP contribution < -0.4 is 20.7 Å². The second kappa shape index (κ2) is 10.0. The molecule has 7 nitrogen and oxygen atoms in total. The van der Waals surface area contributed by atoms with Crippen molar-refractivity contribution in [1.29, 1.82) is 0 Å². The van der Waals surface area contributed by atoms with Gasteiger partial charge in [-0.15, -0.1) is 0 Å². The lowest BCUT2D eigenvalue weighted by atomic mass is 9.93. The lowest BCUT2D eigenvalue weighted by molar-refractivity contribution is 0.0779. The Balaban J connectivity index is 1.49. The molecule has 0 unspecified atom stereocenters. The van der Waals surface area contributed by atoms with Crippen LogP contribution in [0.15, 0.2) is 48.5 Å². The Kier molecular flexibility index (Phi) is 7.19. The standard InChI is InChI=1S/C21H24ClN3O4/c1-28-19-11-10-14(22)12-18(19)25-20(26)23-16-8-5-9-17(13-16)29-21(27)24-15-6-3-2-4-7-15/h2-4,6-7,10-12,16-17H,5,8-9,13H2,1H3,(H,24,27)(H2,23,25,26)/t16-,17-/m0/s1. The van der Waals surface area contributed by atoms with Crippen LogP contribution in [0.3, 0.4) is 0 Å². The molecule has 8 heteroatoms. The van der Waals surface area contributed by atoms with E-state index in [1.807, 2.05) is 18.2 Å². The molecule has 1 aliphatic carbocycles. The number of halogens is 1. The molecule has 0 aromatic heterocycles. The Bertz CT molecular complexity index is 847. The fourth-order valence-corrected chi connectivity index (χ4v) is 3.50. The van der Waals surface area contributed by atoms with Gasteiger partial charge in [0.25, 0.3) is 0 Å². The normalized spacial score (nSPS) is 18.4. The van der Waals surface area contributed by atoms with Crippen LogP contribution in [-0.4, -0.2) is 31.4 Å². The molecule has 2 aromatic rings. The number of nitrogens with one attached hydrogen (secondary N) is 3. The lowest BCUT2D eigenvalue weighted by Gasteiger charge is -2.29. The molecule has 0 spiro atoms. The molecule has 2 aromatic carbocycles. The molecule has 3 N–H and O–H groups in total. The van der Waals surface area contributed by atoms with E-state index in [4.69, 9.17) is 21.1 Å². The number of methoxy groups -OCH3 is 1. The van der Waals surface area contributed by atoms with Crippen molar-refractivity contribution < 1.29 is 19.1 Å². The molecule has 0 saturated heterocycles. The van der Waals surface area contributed by atoms with Gasteiger partial charge in [-0.1, -0.05) is 29.8 Å². The SMILES string of the molecule is COc1ccc(Cl)cc1NC(=O)N[C@H]1CCC[C@H](OC(=O)Nc2ccccc2)C1. The van der Waals surface area contributed by atoms with Crippen LogP contribution in [0.4, 0.5) is 21.0 Å². The molecule has 154 valence electrons. The third-order valence-electron chi connectivity index (χ3n) is 4.66. The van der Waals surface area contributed by atoms with Gasteiger partial charge in [0.15, 0.2) is 0 Å². The maximum Gasteiger partial charge on any atom is 0.411 e. The fraction of sp³-hybridized carbons (Fsp3) is 0.333. The van der Waals surface area contributed by atoms with Crippen molar-refractivity contribution in [1.82, 2.24) is 5.32 Å². The molecular weight excluding hydrogens is 394 g/mol. The molecule has 3 rings (SSSR count). The predicted molar refractivity (Wildman–Crippen MR) is 113 cm³/mol. The van der Waals surface area contributed by atoms with Crippen LogP contribution in [0.5, 0.6) is 5.75 Å². The summed E-state index contributed by atoms with van der Waals surface area (Å²) in [7, 11) is 1.52. The van der Waals surface area contributed by atoms with E-state index in [1.165, 1.54) is 7.11 Å². The Morgan fingerprint density at radius 2 is 1.86 bits per heavy atom. The number of amides is 3. The Morgan fingerprint density at radius 1 is 1.07 bits per heavy atom. The van der Waals surface area contributed by atoms with E-state index < -0.39 is 6.09 Å². The van der Waals surface area contributed by atoms with Crippen LogP contribution in [0.1, 0.15) is 25.7 Å². The number of para-hydroxylation sites is 1. The van der Waals surface area contributed by atoms with Crippen molar-refractivity contribution in [2.75, 3.05) is 17.7 Å². The summed E-state index contributed by atoms with van der Waals surface area (Å²) in [6, 6.07) is 13.7. The van der Waals surface area contributed by atoms with Crippen LogP contribution in [-0.2, 0) is 4.74 Å². The number of hydrogen-bond acceptors (Lipinski definition) is 4. The second-order valence-electron chi connectivity index (χ2n) is 6.82. The first-order chi connectivity index (χ1) is 14.0. The van der Waals surface area contributed by atoms with Crippen molar-refractivity contribution in [3.8, 4) is 5.75 Å². The summed E-state index contributed by atoms with van der Waals surface area (Å²) in [4.78, 5) is 24.5. The molecule has 0 bridgehead atoms. The number of benzene rings is 2. The molecule has 0 heterocycles. The average molecular weight is 418 g/mol. The largest absolute Gasteiger partial charge is 0.495 e. The molecule has 2 atom stereocenters. The predicted octanol–water partition coefficient (Wildman–Crippen LogP) is 5.03. The third-order valence-corrected chi connectivity index (χ3v) is 4.90. The van der Waals surface area contributed by atoms with Gasteiger partial charge in [-0.05, 0) is 49.6 Å². The highest BCUT2D eigenvalue weighted by atomic mass is 35.5. The summed E-state index contributed by atoms with van der Waals surface area (Å²) in [5.74, 6) is 0.520. The van der Waals surface area contributed by atoms with Crippen LogP contribution in [0.2, 0.25) is 5.02 Å². The van der Waals surface area contributed by atoms with Crippen molar-refractivity contribution >= 4 is 35.1 Å². The highest BCUT2D eigenvalue weighted by Crippen LogP contribution is 2.28. The number of rotatable bonds is 5. The maximum absolute atomic E-state index is 12.4. The quantitative estimate of drug-likeness (QED) is 0.636. The zero-order valence-electron chi connectivity index (χ0n) is 16.1. The highest BCUT2D eigenvalue weighted by molar-refractivity contribution is 6.31. The third kappa shape index (κ3) is 6.29. The van der Waals surface area contributed by atoms with Crippen LogP contribution in [0, 0.1) is 0 Å². The zero-order valence-corrected chi connectivity index (χ0v) is 16.9. The number of carbonyl (C=O) groups excluding carboxylic acids is 2. The van der Waals surface area contributed by atoms with E-state index in [1.54, 1.807) is 30.3 Å². The summed E-state index contributed by atoms with van der Waals surface area (Å²) in [6.07, 6.45) is 2.26. The van der Waals surface area contributed by atoms with Crippen molar-refractivity contribution in [3.63, 3.8) is 0 Å². The summed E-state index contributed by atoms with van der Waals surface area (Å²) in [5, 5.41) is 8.89. The van der Waals surface area contributed by atoms with Gasteiger partial charge in [0.2, 0.25) is 0 Å².